The lowest BCUT2D eigenvalue weighted by Crippen LogP contribution is -1.98. The molecule has 0 saturated heterocycles. The van der Waals surface area contributed by atoms with Gasteiger partial charge >= 0.3 is 0 Å². The summed E-state index contributed by atoms with van der Waals surface area (Å²) < 4.78 is 0. The molecule has 1 heterocycles. The van der Waals surface area contributed by atoms with Crippen LogP contribution in [-0.4, -0.2) is 6.67 Å². The van der Waals surface area contributed by atoms with Gasteiger partial charge in [-0.25, -0.2) is 0 Å². The smallest absolute Gasteiger partial charge is 0.0850 e. The molecule has 1 aliphatic heterocycles. The van der Waals surface area contributed by atoms with Crippen molar-refractivity contribution in [3.05, 3.63) is 23.8 Å². The second-order valence-corrected chi connectivity index (χ2v) is 2.58. The molecule has 0 saturated carbocycles. The van der Waals surface area contributed by atoms with Crippen molar-refractivity contribution in [1.29, 1.82) is 0 Å². The maximum Gasteiger partial charge on any atom is 0.0850 e. The fourth-order valence-corrected chi connectivity index (χ4v) is 1.19. The molecule has 0 atom stereocenters. The molecule has 1 aromatic carbocycles. The lowest BCUT2D eigenvalue weighted by atomic mass is 10.2. The lowest BCUT2D eigenvalue weighted by molar-refractivity contribution is 1.31. The molecule has 2 nitrogen and oxygen atoms in total. The van der Waals surface area contributed by atoms with Gasteiger partial charge in [0.2, 0.25) is 0 Å². The Morgan fingerprint density at radius 1 is 1.17 bits per heavy atom. The zero-order chi connectivity index (χ0) is 8.97. The first kappa shape index (κ1) is 8.91. The third-order valence-corrected chi connectivity index (χ3v) is 1.73. The highest BCUT2D eigenvalue weighted by Gasteiger charge is 2.06. The third-order valence-electron chi connectivity index (χ3n) is 1.73. The highest BCUT2D eigenvalue weighted by atomic mass is 15.1. The number of hydrogen-bond donors (Lipinski definition) is 2. The molecule has 0 aromatic heterocycles. The molecule has 0 bridgehead atoms. The van der Waals surface area contributed by atoms with E-state index in [1.165, 1.54) is 16.9 Å². The molecule has 68 valence electrons. The van der Waals surface area contributed by atoms with Gasteiger partial charge in [-0.15, -0.1) is 0 Å². The van der Waals surface area contributed by atoms with E-state index in [1.807, 2.05) is 13.8 Å². The molecule has 2 N–H and O–H groups in total. The number of fused-ring (bicyclic) bond motifs is 1. The second kappa shape index (κ2) is 4.00. The topological polar surface area (TPSA) is 24.1 Å². The van der Waals surface area contributed by atoms with Crippen molar-refractivity contribution in [1.82, 2.24) is 0 Å². The summed E-state index contributed by atoms with van der Waals surface area (Å²) in [6, 6.07) is 6.36. The van der Waals surface area contributed by atoms with E-state index in [9.17, 15) is 0 Å². The Morgan fingerprint density at radius 2 is 1.83 bits per heavy atom. The van der Waals surface area contributed by atoms with Crippen molar-refractivity contribution in [2.45, 2.75) is 20.8 Å². The van der Waals surface area contributed by atoms with Gasteiger partial charge in [0.15, 0.2) is 0 Å². The van der Waals surface area contributed by atoms with Crippen LogP contribution in [0.25, 0.3) is 0 Å². The van der Waals surface area contributed by atoms with Gasteiger partial charge in [0.25, 0.3) is 0 Å². The number of aryl methyl sites for hydroxylation is 1. The van der Waals surface area contributed by atoms with E-state index in [-0.39, 0.29) is 1.43 Å². The van der Waals surface area contributed by atoms with Gasteiger partial charge in [-0.05, 0) is 24.6 Å². The Kier molecular flexibility index (Phi) is 2.97. The van der Waals surface area contributed by atoms with Crippen LogP contribution in [0.1, 0.15) is 20.8 Å². The zero-order valence-electron chi connectivity index (χ0n) is 7.94. The summed E-state index contributed by atoms with van der Waals surface area (Å²) in [6.07, 6.45) is 0. The molecule has 2 heteroatoms. The monoisotopic (exact) mass is 166 g/mol. The molecule has 0 amide bonds. The van der Waals surface area contributed by atoms with E-state index in [0.29, 0.717) is 0 Å². The number of nitrogens with one attached hydrogen (secondary N) is 2. The van der Waals surface area contributed by atoms with Crippen LogP contribution in [0.3, 0.4) is 0 Å². The van der Waals surface area contributed by atoms with Crippen LogP contribution < -0.4 is 10.6 Å². The van der Waals surface area contributed by atoms with Gasteiger partial charge in [-0.3, -0.25) is 0 Å². The van der Waals surface area contributed by atoms with Gasteiger partial charge in [-0.1, -0.05) is 19.9 Å². The van der Waals surface area contributed by atoms with Crippen LogP contribution in [-0.2, 0) is 0 Å². The van der Waals surface area contributed by atoms with E-state index in [1.54, 1.807) is 0 Å². The molecule has 2 rings (SSSR count). The highest BCUT2D eigenvalue weighted by Crippen LogP contribution is 2.26. The first-order chi connectivity index (χ1) is 5.86. The Bertz CT molecular complexity index is 261. The summed E-state index contributed by atoms with van der Waals surface area (Å²) in [5.41, 5.74) is 3.74. The lowest BCUT2D eigenvalue weighted by Gasteiger charge is -1.97. The van der Waals surface area contributed by atoms with Crippen molar-refractivity contribution in [3.63, 3.8) is 0 Å². The summed E-state index contributed by atoms with van der Waals surface area (Å²) in [7, 11) is 0. The van der Waals surface area contributed by atoms with Crippen LogP contribution in [0.15, 0.2) is 18.2 Å². The van der Waals surface area contributed by atoms with Crippen molar-refractivity contribution >= 4 is 11.4 Å². The second-order valence-electron chi connectivity index (χ2n) is 2.58. The quantitative estimate of drug-likeness (QED) is 0.619. The maximum absolute atomic E-state index is 3.23. The average Bonchev–Trinajstić information content (AvgIpc) is 2.54. The van der Waals surface area contributed by atoms with E-state index in [2.05, 4.69) is 35.8 Å². The summed E-state index contributed by atoms with van der Waals surface area (Å²) in [4.78, 5) is 0. The average molecular weight is 166 g/mol. The number of benzene rings is 1. The molecule has 0 aliphatic carbocycles. The number of anilines is 2. The number of rotatable bonds is 0. The third kappa shape index (κ3) is 1.70. The summed E-state index contributed by atoms with van der Waals surface area (Å²) in [5.74, 6) is 0. The van der Waals surface area contributed by atoms with Gasteiger partial charge in [-0.2, -0.15) is 0 Å². The Labute approximate surface area is 75.5 Å². The Balaban J connectivity index is 0.000000451. The van der Waals surface area contributed by atoms with E-state index < -0.39 is 0 Å². The molecule has 0 radical (unpaired) electrons. The SMILES string of the molecule is CC.Cc1ccc2c(c1)NCN2.[HH]. The summed E-state index contributed by atoms with van der Waals surface area (Å²) in [5, 5.41) is 6.45. The standard InChI is InChI=1S/C8H10N2.C2H6.H2/c1-6-2-3-7-8(4-6)10-5-9-7;1-2;/h2-4,9-10H,5H2,1H3;1-2H3;1H. The minimum absolute atomic E-state index is 0. The highest BCUT2D eigenvalue weighted by molar-refractivity contribution is 5.73. The van der Waals surface area contributed by atoms with Crippen molar-refractivity contribution in [2.24, 2.45) is 0 Å². The predicted molar refractivity (Wildman–Crippen MR) is 56.8 cm³/mol. The molecule has 1 aromatic rings. The van der Waals surface area contributed by atoms with E-state index in [4.69, 9.17) is 0 Å². The van der Waals surface area contributed by atoms with Crippen LogP contribution in [0, 0.1) is 6.92 Å². The molecule has 0 spiro atoms. The molecule has 1 aliphatic rings. The van der Waals surface area contributed by atoms with Crippen LogP contribution in [0.5, 0.6) is 0 Å². The first-order valence-electron chi connectivity index (χ1n) is 4.45. The maximum atomic E-state index is 3.23. The van der Waals surface area contributed by atoms with E-state index >= 15 is 0 Å². The molecule has 0 fully saturated rings. The summed E-state index contributed by atoms with van der Waals surface area (Å²) >= 11 is 0. The minimum Gasteiger partial charge on any atom is -0.366 e. The Hall–Kier alpha value is -1.18. The molecule has 0 unspecified atom stereocenters. The fourth-order valence-electron chi connectivity index (χ4n) is 1.19. The first-order valence-corrected chi connectivity index (χ1v) is 4.45. The van der Waals surface area contributed by atoms with E-state index in [0.717, 1.165) is 6.67 Å². The molecule has 12 heavy (non-hydrogen) atoms. The fraction of sp³-hybridized carbons (Fsp3) is 0.400. The van der Waals surface area contributed by atoms with Crippen LogP contribution in [0.4, 0.5) is 11.4 Å². The minimum atomic E-state index is 0. The van der Waals surface area contributed by atoms with Gasteiger partial charge in [0.05, 0.1) is 18.0 Å². The predicted octanol–water partition coefficient (Wildman–Crippen LogP) is 3.06. The van der Waals surface area contributed by atoms with Crippen LogP contribution in [0.2, 0.25) is 0 Å². The largest absolute Gasteiger partial charge is 0.366 e. The normalized spacial score (nSPS) is 11.9. The van der Waals surface area contributed by atoms with Gasteiger partial charge in [0, 0.05) is 1.43 Å². The van der Waals surface area contributed by atoms with Crippen LogP contribution >= 0.6 is 0 Å². The Morgan fingerprint density at radius 3 is 2.58 bits per heavy atom. The van der Waals surface area contributed by atoms with Gasteiger partial charge in [0.1, 0.15) is 0 Å². The van der Waals surface area contributed by atoms with Crippen molar-refractivity contribution in [2.75, 3.05) is 17.3 Å². The zero-order valence-corrected chi connectivity index (χ0v) is 7.94. The molecular weight excluding hydrogens is 148 g/mol. The number of hydrogen-bond acceptors (Lipinski definition) is 2. The van der Waals surface area contributed by atoms with Crippen molar-refractivity contribution < 1.29 is 1.43 Å². The summed E-state index contributed by atoms with van der Waals surface area (Å²) in [6.45, 7) is 6.96. The van der Waals surface area contributed by atoms with Crippen molar-refractivity contribution in [3.8, 4) is 0 Å². The van der Waals surface area contributed by atoms with Gasteiger partial charge < -0.3 is 10.6 Å². The molecular formula is C10H18N2.